The average Bonchev–Trinajstić information content (AvgIpc) is 2.48. The summed E-state index contributed by atoms with van der Waals surface area (Å²) in [5.41, 5.74) is 7.50. The Hall–Kier alpha value is -2.56. The third-order valence-corrected chi connectivity index (χ3v) is 2.79. The minimum atomic E-state index is -0.446. The molecular weight excluding hydrogens is 256 g/mol. The molecule has 0 bridgehead atoms. The van der Waals surface area contributed by atoms with Crippen molar-refractivity contribution in [3.63, 3.8) is 0 Å². The van der Waals surface area contributed by atoms with Crippen LogP contribution in [0.2, 0.25) is 0 Å². The maximum atomic E-state index is 12.0. The first-order valence-corrected chi connectivity index (χ1v) is 6.20. The SMILES string of the molecule is COc1ccc(N)cc1C(=O)OCCc1cccnc1. The van der Waals surface area contributed by atoms with Crippen LogP contribution in [0.5, 0.6) is 5.75 Å². The fourth-order valence-corrected chi connectivity index (χ4v) is 1.77. The fourth-order valence-electron chi connectivity index (χ4n) is 1.77. The number of pyridine rings is 1. The van der Waals surface area contributed by atoms with E-state index in [4.69, 9.17) is 15.2 Å². The Morgan fingerprint density at radius 3 is 2.90 bits per heavy atom. The molecule has 0 unspecified atom stereocenters. The fraction of sp³-hybridized carbons (Fsp3) is 0.200. The molecular formula is C15H16N2O3. The number of hydrogen-bond acceptors (Lipinski definition) is 5. The van der Waals surface area contributed by atoms with Gasteiger partial charge in [-0.2, -0.15) is 0 Å². The van der Waals surface area contributed by atoms with Crippen LogP contribution in [0, 0.1) is 0 Å². The van der Waals surface area contributed by atoms with Crippen molar-refractivity contribution < 1.29 is 14.3 Å². The van der Waals surface area contributed by atoms with Crippen molar-refractivity contribution in [1.29, 1.82) is 0 Å². The summed E-state index contributed by atoms with van der Waals surface area (Å²) < 4.78 is 10.3. The van der Waals surface area contributed by atoms with Gasteiger partial charge in [-0.15, -0.1) is 0 Å². The molecule has 5 heteroatoms. The van der Waals surface area contributed by atoms with E-state index in [1.54, 1.807) is 30.6 Å². The zero-order chi connectivity index (χ0) is 14.4. The van der Waals surface area contributed by atoms with E-state index in [-0.39, 0.29) is 6.61 Å². The monoisotopic (exact) mass is 272 g/mol. The summed E-state index contributed by atoms with van der Waals surface area (Å²) in [5.74, 6) is 0.00335. The molecule has 1 heterocycles. The highest BCUT2D eigenvalue weighted by Gasteiger charge is 2.14. The van der Waals surface area contributed by atoms with E-state index in [9.17, 15) is 4.79 Å². The standard InChI is InChI=1S/C15H16N2O3/c1-19-14-5-4-12(16)9-13(14)15(18)20-8-6-11-3-2-7-17-10-11/h2-5,7,9-10H,6,8,16H2,1H3. The van der Waals surface area contributed by atoms with Crippen LogP contribution in [0.1, 0.15) is 15.9 Å². The predicted octanol–water partition coefficient (Wildman–Crippen LogP) is 2.07. The number of ether oxygens (including phenoxy) is 2. The van der Waals surface area contributed by atoms with E-state index in [0.717, 1.165) is 5.56 Å². The Morgan fingerprint density at radius 2 is 2.20 bits per heavy atom. The van der Waals surface area contributed by atoms with Crippen LogP contribution in [0.3, 0.4) is 0 Å². The van der Waals surface area contributed by atoms with Crippen LogP contribution in [0.15, 0.2) is 42.7 Å². The van der Waals surface area contributed by atoms with Gasteiger partial charge in [-0.05, 0) is 29.8 Å². The van der Waals surface area contributed by atoms with Crippen molar-refractivity contribution in [2.24, 2.45) is 0 Å². The van der Waals surface area contributed by atoms with E-state index < -0.39 is 5.97 Å². The van der Waals surface area contributed by atoms with Crippen molar-refractivity contribution in [2.75, 3.05) is 19.5 Å². The number of anilines is 1. The number of rotatable bonds is 5. The summed E-state index contributed by atoms with van der Waals surface area (Å²) in [6.45, 7) is 0.280. The van der Waals surface area contributed by atoms with E-state index in [1.807, 2.05) is 12.1 Å². The maximum Gasteiger partial charge on any atom is 0.342 e. The number of carbonyl (C=O) groups is 1. The molecule has 5 nitrogen and oxygen atoms in total. The molecule has 0 saturated carbocycles. The van der Waals surface area contributed by atoms with Crippen molar-refractivity contribution in [3.8, 4) is 5.75 Å². The molecule has 0 fully saturated rings. The average molecular weight is 272 g/mol. The number of nitrogen functional groups attached to an aromatic ring is 1. The molecule has 2 aromatic rings. The Morgan fingerprint density at radius 1 is 1.35 bits per heavy atom. The molecule has 0 amide bonds. The summed E-state index contributed by atoms with van der Waals surface area (Å²) in [5, 5.41) is 0. The predicted molar refractivity (Wildman–Crippen MR) is 75.6 cm³/mol. The lowest BCUT2D eigenvalue weighted by Crippen LogP contribution is -2.10. The second kappa shape index (κ2) is 6.56. The van der Waals surface area contributed by atoms with Gasteiger partial charge in [0.2, 0.25) is 0 Å². The number of benzene rings is 1. The van der Waals surface area contributed by atoms with Crippen molar-refractivity contribution >= 4 is 11.7 Å². The van der Waals surface area contributed by atoms with Crippen LogP contribution in [0.25, 0.3) is 0 Å². The molecule has 104 valence electrons. The third-order valence-electron chi connectivity index (χ3n) is 2.79. The summed E-state index contributed by atoms with van der Waals surface area (Å²) in [7, 11) is 1.50. The minimum Gasteiger partial charge on any atom is -0.496 e. The molecule has 0 aliphatic rings. The van der Waals surface area contributed by atoms with Crippen LogP contribution in [-0.4, -0.2) is 24.7 Å². The number of nitrogens with two attached hydrogens (primary N) is 1. The van der Waals surface area contributed by atoms with Gasteiger partial charge >= 0.3 is 5.97 Å². The Balaban J connectivity index is 1.97. The molecule has 2 rings (SSSR count). The molecule has 0 spiro atoms. The highest BCUT2D eigenvalue weighted by Crippen LogP contribution is 2.21. The lowest BCUT2D eigenvalue weighted by Gasteiger charge is -2.09. The summed E-state index contributed by atoms with van der Waals surface area (Å²) in [4.78, 5) is 16.0. The summed E-state index contributed by atoms with van der Waals surface area (Å²) in [6, 6.07) is 8.64. The highest BCUT2D eigenvalue weighted by atomic mass is 16.5. The molecule has 1 aromatic carbocycles. The Bertz CT molecular complexity index is 585. The number of hydrogen-bond donors (Lipinski definition) is 1. The smallest absolute Gasteiger partial charge is 0.342 e. The van der Waals surface area contributed by atoms with Gasteiger partial charge in [0.25, 0.3) is 0 Å². The molecule has 0 saturated heterocycles. The van der Waals surface area contributed by atoms with E-state index >= 15 is 0 Å². The van der Waals surface area contributed by atoms with Gasteiger partial charge in [0, 0.05) is 24.5 Å². The largest absolute Gasteiger partial charge is 0.496 e. The number of esters is 1. The summed E-state index contributed by atoms with van der Waals surface area (Å²) >= 11 is 0. The molecule has 0 aliphatic heterocycles. The van der Waals surface area contributed by atoms with Crippen molar-refractivity contribution in [3.05, 3.63) is 53.9 Å². The third kappa shape index (κ3) is 3.47. The quantitative estimate of drug-likeness (QED) is 0.666. The zero-order valence-corrected chi connectivity index (χ0v) is 11.2. The Labute approximate surface area is 117 Å². The second-order valence-corrected chi connectivity index (χ2v) is 4.21. The van der Waals surface area contributed by atoms with Gasteiger partial charge in [-0.1, -0.05) is 6.07 Å². The molecule has 2 N–H and O–H groups in total. The lowest BCUT2D eigenvalue weighted by molar-refractivity contribution is 0.0505. The van der Waals surface area contributed by atoms with Gasteiger partial charge in [0.1, 0.15) is 11.3 Å². The van der Waals surface area contributed by atoms with Gasteiger partial charge in [0.15, 0.2) is 0 Å². The molecule has 1 aromatic heterocycles. The van der Waals surface area contributed by atoms with Gasteiger partial charge in [-0.3, -0.25) is 4.98 Å². The first-order valence-electron chi connectivity index (χ1n) is 6.20. The molecule has 0 atom stereocenters. The molecule has 0 aliphatic carbocycles. The maximum absolute atomic E-state index is 12.0. The number of nitrogens with zero attached hydrogens (tertiary/aromatic N) is 1. The van der Waals surface area contributed by atoms with Crippen LogP contribution >= 0.6 is 0 Å². The molecule has 20 heavy (non-hydrogen) atoms. The van der Waals surface area contributed by atoms with Crippen molar-refractivity contribution in [1.82, 2.24) is 4.98 Å². The summed E-state index contributed by atoms with van der Waals surface area (Å²) in [6.07, 6.45) is 4.06. The highest BCUT2D eigenvalue weighted by molar-refractivity contribution is 5.93. The van der Waals surface area contributed by atoms with Gasteiger partial charge in [0.05, 0.1) is 13.7 Å². The minimum absolute atomic E-state index is 0.280. The van der Waals surface area contributed by atoms with Crippen molar-refractivity contribution in [2.45, 2.75) is 6.42 Å². The normalized spacial score (nSPS) is 10.1. The number of aromatic nitrogens is 1. The second-order valence-electron chi connectivity index (χ2n) is 4.21. The van der Waals surface area contributed by atoms with E-state index in [1.165, 1.54) is 7.11 Å². The first-order chi connectivity index (χ1) is 9.70. The van der Waals surface area contributed by atoms with E-state index in [0.29, 0.717) is 23.4 Å². The number of carbonyl (C=O) groups excluding carboxylic acids is 1. The first kappa shape index (κ1) is 13.9. The van der Waals surface area contributed by atoms with Crippen LogP contribution < -0.4 is 10.5 Å². The lowest BCUT2D eigenvalue weighted by atomic mass is 10.2. The molecule has 0 radical (unpaired) electrons. The Kier molecular flexibility index (Phi) is 4.55. The topological polar surface area (TPSA) is 74.4 Å². The van der Waals surface area contributed by atoms with Crippen LogP contribution in [0.4, 0.5) is 5.69 Å². The van der Waals surface area contributed by atoms with Gasteiger partial charge in [-0.25, -0.2) is 4.79 Å². The van der Waals surface area contributed by atoms with Crippen LogP contribution in [-0.2, 0) is 11.2 Å². The number of methoxy groups -OCH3 is 1. The van der Waals surface area contributed by atoms with E-state index in [2.05, 4.69) is 4.98 Å². The zero-order valence-electron chi connectivity index (χ0n) is 11.2. The van der Waals surface area contributed by atoms with Gasteiger partial charge < -0.3 is 15.2 Å².